The Balaban J connectivity index is 1.95. The van der Waals surface area contributed by atoms with E-state index in [2.05, 4.69) is 0 Å². The summed E-state index contributed by atoms with van der Waals surface area (Å²) in [6.07, 6.45) is 2.93. The van der Waals surface area contributed by atoms with Gasteiger partial charge in [0.05, 0.1) is 25.9 Å². The first-order chi connectivity index (χ1) is 8.29. The van der Waals surface area contributed by atoms with Crippen molar-refractivity contribution in [1.29, 1.82) is 0 Å². The number of hydrogen-bond acceptors (Lipinski definition) is 5. The largest absolute Gasteiger partial charge is 0.394 e. The fourth-order valence-electron chi connectivity index (χ4n) is 1.71. The molecule has 0 aromatic rings. The van der Waals surface area contributed by atoms with E-state index in [1.54, 1.807) is 7.11 Å². The van der Waals surface area contributed by atoms with Gasteiger partial charge in [0.15, 0.2) is 0 Å². The summed E-state index contributed by atoms with van der Waals surface area (Å²) < 4.78 is 15.7. The van der Waals surface area contributed by atoms with Crippen LogP contribution in [0.1, 0.15) is 19.3 Å². The minimum atomic E-state index is -0.221. The van der Waals surface area contributed by atoms with E-state index >= 15 is 0 Å². The lowest BCUT2D eigenvalue weighted by Crippen LogP contribution is -2.41. The SMILES string of the molecule is COCCOCCCOC(CO)C(N)C1CC1. The summed E-state index contributed by atoms with van der Waals surface area (Å²) in [6, 6.07) is -0.0191. The number of aliphatic hydroxyl groups is 1. The van der Waals surface area contributed by atoms with Gasteiger partial charge in [-0.2, -0.15) is 0 Å². The fourth-order valence-corrected chi connectivity index (χ4v) is 1.71. The smallest absolute Gasteiger partial charge is 0.0958 e. The molecule has 5 heteroatoms. The van der Waals surface area contributed by atoms with Crippen LogP contribution in [0.4, 0.5) is 0 Å². The van der Waals surface area contributed by atoms with Crippen LogP contribution in [0.5, 0.6) is 0 Å². The maximum Gasteiger partial charge on any atom is 0.0958 e. The minimum Gasteiger partial charge on any atom is -0.394 e. The topological polar surface area (TPSA) is 73.9 Å². The molecule has 1 rings (SSSR count). The van der Waals surface area contributed by atoms with Gasteiger partial charge in [0.2, 0.25) is 0 Å². The van der Waals surface area contributed by atoms with E-state index in [1.165, 1.54) is 12.8 Å². The predicted molar refractivity (Wildman–Crippen MR) is 64.8 cm³/mol. The highest BCUT2D eigenvalue weighted by atomic mass is 16.5. The lowest BCUT2D eigenvalue weighted by Gasteiger charge is -2.22. The lowest BCUT2D eigenvalue weighted by atomic mass is 10.1. The standard InChI is InChI=1S/C12H25NO4/c1-15-7-8-16-5-2-6-17-11(9-14)12(13)10-3-4-10/h10-12,14H,2-9,13H2,1H3. The second-order valence-corrected chi connectivity index (χ2v) is 4.47. The zero-order valence-corrected chi connectivity index (χ0v) is 10.6. The maximum absolute atomic E-state index is 9.19. The number of ether oxygens (including phenoxy) is 3. The molecular formula is C12H25NO4. The monoisotopic (exact) mass is 247 g/mol. The van der Waals surface area contributed by atoms with E-state index in [0.29, 0.717) is 32.3 Å². The van der Waals surface area contributed by atoms with E-state index in [4.69, 9.17) is 19.9 Å². The Morgan fingerprint density at radius 1 is 1.24 bits per heavy atom. The van der Waals surface area contributed by atoms with Crippen LogP contribution >= 0.6 is 0 Å². The van der Waals surface area contributed by atoms with Crippen molar-refractivity contribution < 1.29 is 19.3 Å². The molecule has 0 aliphatic heterocycles. The molecule has 0 aromatic heterocycles. The Morgan fingerprint density at radius 3 is 2.59 bits per heavy atom. The van der Waals surface area contributed by atoms with E-state index in [-0.39, 0.29) is 18.8 Å². The summed E-state index contributed by atoms with van der Waals surface area (Å²) in [6.45, 7) is 2.47. The molecule has 0 spiro atoms. The molecule has 0 heterocycles. The number of nitrogens with two attached hydrogens (primary N) is 1. The van der Waals surface area contributed by atoms with E-state index in [0.717, 1.165) is 6.42 Å². The van der Waals surface area contributed by atoms with Crippen LogP contribution < -0.4 is 5.73 Å². The van der Waals surface area contributed by atoms with Crippen molar-refractivity contribution in [2.24, 2.45) is 11.7 Å². The van der Waals surface area contributed by atoms with Gasteiger partial charge < -0.3 is 25.1 Å². The van der Waals surface area contributed by atoms with Gasteiger partial charge in [0.25, 0.3) is 0 Å². The highest BCUT2D eigenvalue weighted by Gasteiger charge is 2.34. The summed E-state index contributed by atoms with van der Waals surface area (Å²) >= 11 is 0. The van der Waals surface area contributed by atoms with E-state index < -0.39 is 0 Å². The molecule has 0 bridgehead atoms. The molecule has 3 N–H and O–H groups in total. The quantitative estimate of drug-likeness (QED) is 0.509. The van der Waals surface area contributed by atoms with Crippen molar-refractivity contribution in [2.75, 3.05) is 40.1 Å². The average molecular weight is 247 g/mol. The molecule has 5 nitrogen and oxygen atoms in total. The van der Waals surface area contributed by atoms with Crippen LogP contribution in [-0.2, 0) is 14.2 Å². The Labute approximate surface area is 103 Å². The molecule has 0 aromatic carbocycles. The number of methoxy groups -OCH3 is 1. The van der Waals surface area contributed by atoms with Crippen LogP contribution in [0.2, 0.25) is 0 Å². The fraction of sp³-hybridized carbons (Fsp3) is 1.00. The summed E-state index contributed by atoms with van der Waals surface area (Å²) in [5.41, 5.74) is 5.98. The third-order valence-electron chi connectivity index (χ3n) is 2.97. The first-order valence-corrected chi connectivity index (χ1v) is 6.34. The highest BCUT2D eigenvalue weighted by Crippen LogP contribution is 2.33. The van der Waals surface area contributed by atoms with Gasteiger partial charge in [-0.3, -0.25) is 0 Å². The second-order valence-electron chi connectivity index (χ2n) is 4.47. The van der Waals surface area contributed by atoms with Crippen LogP contribution in [0, 0.1) is 5.92 Å². The van der Waals surface area contributed by atoms with Crippen molar-refractivity contribution in [3.63, 3.8) is 0 Å². The average Bonchev–Trinajstić information content (AvgIpc) is 3.16. The van der Waals surface area contributed by atoms with Crippen LogP contribution in [0.25, 0.3) is 0 Å². The van der Waals surface area contributed by atoms with E-state index in [1.807, 2.05) is 0 Å². The van der Waals surface area contributed by atoms with Crippen molar-refractivity contribution in [1.82, 2.24) is 0 Å². The predicted octanol–water partition coefficient (Wildman–Crippen LogP) is 0.154. The van der Waals surface area contributed by atoms with Crippen molar-refractivity contribution in [3.05, 3.63) is 0 Å². The van der Waals surface area contributed by atoms with Crippen LogP contribution in [0.15, 0.2) is 0 Å². The molecule has 0 radical (unpaired) electrons. The minimum absolute atomic E-state index is 0.00218. The van der Waals surface area contributed by atoms with Crippen LogP contribution in [-0.4, -0.2) is 57.4 Å². The molecule has 1 aliphatic rings. The summed E-state index contributed by atoms with van der Waals surface area (Å²) in [7, 11) is 1.65. The number of rotatable bonds is 11. The third-order valence-corrected chi connectivity index (χ3v) is 2.97. The lowest BCUT2D eigenvalue weighted by molar-refractivity contribution is -0.0177. The van der Waals surface area contributed by atoms with Gasteiger partial charge in [-0.25, -0.2) is 0 Å². The van der Waals surface area contributed by atoms with Gasteiger partial charge in [-0.05, 0) is 25.2 Å². The Bertz CT molecular complexity index is 187. The van der Waals surface area contributed by atoms with Gasteiger partial charge in [0.1, 0.15) is 0 Å². The molecule has 1 saturated carbocycles. The molecule has 0 saturated heterocycles. The van der Waals surface area contributed by atoms with Gasteiger partial charge in [-0.1, -0.05) is 0 Å². The third kappa shape index (κ3) is 6.33. The molecule has 1 fully saturated rings. The van der Waals surface area contributed by atoms with Crippen molar-refractivity contribution >= 4 is 0 Å². The first kappa shape index (κ1) is 14.9. The molecule has 17 heavy (non-hydrogen) atoms. The molecule has 0 amide bonds. The number of hydrogen-bond donors (Lipinski definition) is 2. The van der Waals surface area contributed by atoms with Crippen molar-refractivity contribution in [3.8, 4) is 0 Å². The molecular weight excluding hydrogens is 222 g/mol. The summed E-state index contributed by atoms with van der Waals surface area (Å²) in [4.78, 5) is 0. The normalized spacial score (nSPS) is 19.2. The Morgan fingerprint density at radius 2 is 2.00 bits per heavy atom. The van der Waals surface area contributed by atoms with Gasteiger partial charge in [0, 0.05) is 26.4 Å². The van der Waals surface area contributed by atoms with Crippen LogP contribution in [0.3, 0.4) is 0 Å². The first-order valence-electron chi connectivity index (χ1n) is 6.34. The molecule has 2 atom stereocenters. The zero-order valence-electron chi connectivity index (χ0n) is 10.6. The Hall–Kier alpha value is -0.200. The molecule has 1 aliphatic carbocycles. The van der Waals surface area contributed by atoms with E-state index in [9.17, 15) is 5.11 Å². The van der Waals surface area contributed by atoms with Gasteiger partial charge >= 0.3 is 0 Å². The van der Waals surface area contributed by atoms with Gasteiger partial charge in [-0.15, -0.1) is 0 Å². The summed E-state index contributed by atoms with van der Waals surface area (Å²) in [5.74, 6) is 0.546. The zero-order chi connectivity index (χ0) is 12.5. The molecule has 102 valence electrons. The Kier molecular flexibility index (Phi) is 7.72. The second kappa shape index (κ2) is 8.83. The summed E-state index contributed by atoms with van der Waals surface area (Å²) in [5, 5.41) is 9.19. The van der Waals surface area contributed by atoms with Crippen molar-refractivity contribution in [2.45, 2.75) is 31.4 Å². The molecule has 2 unspecified atom stereocenters. The highest BCUT2D eigenvalue weighted by molar-refractivity contribution is 4.89. The maximum atomic E-state index is 9.19. The number of aliphatic hydroxyl groups excluding tert-OH is 1.